The highest BCUT2D eigenvalue weighted by Crippen LogP contribution is 2.42. The number of hydrogen-bond donors (Lipinski definition) is 0. The minimum Gasteiger partial charge on any atom is -0.493 e. The van der Waals surface area contributed by atoms with Crippen LogP contribution in [0.2, 0.25) is 20.1 Å². The highest BCUT2D eigenvalue weighted by atomic mass is 79.9. The van der Waals surface area contributed by atoms with Crippen LogP contribution in [0, 0.1) is 13.8 Å². The number of halogens is 5. The van der Waals surface area contributed by atoms with Crippen molar-refractivity contribution >= 4 is 103 Å². The Kier molecular flexibility index (Phi) is 10.0. The largest absolute Gasteiger partial charge is 0.493 e. The van der Waals surface area contributed by atoms with E-state index in [-0.39, 0.29) is 12.5 Å². The van der Waals surface area contributed by atoms with Crippen LogP contribution in [-0.2, 0) is 11.4 Å². The fraction of sp³-hybridized carbons (Fsp3) is 0.125. The topological polar surface area (TPSA) is 51.1 Å². The molecular weight excluding hydrogens is 714 g/mol. The van der Waals surface area contributed by atoms with Gasteiger partial charge in [0.05, 0.1) is 27.9 Å². The second kappa shape index (κ2) is 13.6. The van der Waals surface area contributed by atoms with Crippen LogP contribution in [0.15, 0.2) is 81.1 Å². The number of anilines is 1. The number of ether oxygens (including phenoxy) is 2. The summed E-state index contributed by atoms with van der Waals surface area (Å²) >= 11 is 30.0. The van der Waals surface area contributed by atoms with Gasteiger partial charge in [0.2, 0.25) is 0 Å². The number of amidine groups is 1. The van der Waals surface area contributed by atoms with Gasteiger partial charge in [0.1, 0.15) is 6.61 Å². The number of amides is 1. The van der Waals surface area contributed by atoms with Gasteiger partial charge in [-0.15, -0.1) is 0 Å². The molecule has 4 aromatic rings. The quantitative estimate of drug-likeness (QED) is 0.177. The molecule has 1 amide bonds. The molecule has 0 aliphatic carbocycles. The molecule has 43 heavy (non-hydrogen) atoms. The molecule has 1 saturated heterocycles. The number of rotatable bonds is 7. The molecule has 1 aliphatic rings. The average molecular weight is 737 g/mol. The number of hydrogen-bond acceptors (Lipinski definition) is 5. The summed E-state index contributed by atoms with van der Waals surface area (Å²) in [5.41, 5.74) is 4.57. The van der Waals surface area contributed by atoms with Crippen LogP contribution in [0.5, 0.6) is 11.5 Å². The molecule has 0 unspecified atom stereocenters. The molecule has 0 atom stereocenters. The number of thioether (sulfide) groups is 1. The lowest BCUT2D eigenvalue weighted by atomic mass is 10.1. The lowest BCUT2D eigenvalue weighted by Gasteiger charge is -2.17. The Morgan fingerprint density at radius 3 is 2.30 bits per heavy atom. The zero-order valence-electron chi connectivity index (χ0n) is 23.1. The molecule has 0 saturated carbocycles. The van der Waals surface area contributed by atoms with E-state index in [1.165, 1.54) is 11.8 Å². The van der Waals surface area contributed by atoms with E-state index >= 15 is 0 Å². The molecule has 0 spiro atoms. The lowest BCUT2D eigenvalue weighted by molar-refractivity contribution is -0.113. The molecule has 0 radical (unpaired) electrons. The van der Waals surface area contributed by atoms with Crippen LogP contribution < -0.4 is 14.4 Å². The minimum atomic E-state index is -0.241. The van der Waals surface area contributed by atoms with Crippen LogP contribution in [-0.4, -0.2) is 18.2 Å². The predicted molar refractivity (Wildman–Crippen MR) is 184 cm³/mol. The minimum absolute atomic E-state index is 0.205. The fourth-order valence-electron chi connectivity index (χ4n) is 4.16. The number of aryl methyl sites for hydroxylation is 2. The third kappa shape index (κ3) is 7.19. The van der Waals surface area contributed by atoms with Crippen molar-refractivity contribution in [2.75, 3.05) is 12.0 Å². The summed E-state index contributed by atoms with van der Waals surface area (Å²) < 4.78 is 12.3. The molecule has 5 nitrogen and oxygen atoms in total. The highest BCUT2D eigenvalue weighted by Gasteiger charge is 2.35. The van der Waals surface area contributed by atoms with E-state index in [0.717, 1.165) is 22.3 Å². The molecule has 1 fully saturated rings. The summed E-state index contributed by atoms with van der Waals surface area (Å²) in [6, 6.07) is 19.9. The third-order valence-electron chi connectivity index (χ3n) is 6.54. The van der Waals surface area contributed by atoms with Gasteiger partial charge in [0, 0.05) is 25.7 Å². The third-order valence-corrected chi connectivity index (χ3v) is 9.50. The van der Waals surface area contributed by atoms with Gasteiger partial charge in [-0.2, -0.15) is 0 Å². The first kappa shape index (κ1) is 31.8. The number of carbonyl (C=O) groups is 1. The van der Waals surface area contributed by atoms with Gasteiger partial charge in [-0.25, -0.2) is 4.99 Å². The Balaban J connectivity index is 1.50. The van der Waals surface area contributed by atoms with E-state index in [4.69, 9.17) is 60.9 Å². The van der Waals surface area contributed by atoms with E-state index in [2.05, 4.69) is 15.9 Å². The molecule has 4 aromatic carbocycles. The number of carbonyl (C=O) groups excluding carboxylic acids is 1. The number of benzene rings is 4. The second-order valence-electron chi connectivity index (χ2n) is 9.57. The van der Waals surface area contributed by atoms with Crippen molar-refractivity contribution in [3.05, 3.63) is 118 Å². The molecule has 0 N–H and O–H groups in total. The summed E-state index contributed by atoms with van der Waals surface area (Å²) in [7, 11) is 1.55. The van der Waals surface area contributed by atoms with Crippen molar-refractivity contribution in [3.63, 3.8) is 0 Å². The van der Waals surface area contributed by atoms with Gasteiger partial charge in [0.15, 0.2) is 16.7 Å². The van der Waals surface area contributed by atoms with E-state index in [0.29, 0.717) is 57.5 Å². The average Bonchev–Trinajstić information content (AvgIpc) is 3.26. The Morgan fingerprint density at radius 1 is 0.907 bits per heavy atom. The standard InChI is InChI=1S/C32H23BrCl4N2O3S/c1-17-4-8-22(14-25(17)35)38-32-39(23-9-5-18(2)26(36)15-23)31(40)29(43-32)12-19-10-24(33)30(28(11-19)41-3)42-16-20-6-7-21(34)13-27(20)37/h4-15H,16H2,1-3H3/b29-12+,38-32?. The maximum Gasteiger partial charge on any atom is 0.271 e. The van der Waals surface area contributed by atoms with Crippen LogP contribution in [0.4, 0.5) is 11.4 Å². The fourth-order valence-corrected chi connectivity index (χ4v) is 6.55. The number of methoxy groups -OCH3 is 1. The number of aliphatic imine (C=N–C) groups is 1. The van der Waals surface area contributed by atoms with Crippen molar-refractivity contribution in [2.24, 2.45) is 4.99 Å². The summed E-state index contributed by atoms with van der Waals surface area (Å²) in [4.78, 5) is 20.6. The van der Waals surface area contributed by atoms with Crippen molar-refractivity contribution in [3.8, 4) is 11.5 Å². The van der Waals surface area contributed by atoms with Gasteiger partial charge in [-0.05, 0) is 113 Å². The smallest absolute Gasteiger partial charge is 0.271 e. The summed E-state index contributed by atoms with van der Waals surface area (Å²) in [6.45, 7) is 4.03. The van der Waals surface area contributed by atoms with Gasteiger partial charge < -0.3 is 9.47 Å². The zero-order valence-corrected chi connectivity index (χ0v) is 28.5. The predicted octanol–water partition coefficient (Wildman–Crippen LogP) is 11.1. The molecule has 220 valence electrons. The van der Waals surface area contributed by atoms with Crippen molar-refractivity contribution < 1.29 is 14.3 Å². The molecule has 11 heteroatoms. The van der Waals surface area contributed by atoms with Gasteiger partial charge in [-0.3, -0.25) is 9.69 Å². The monoisotopic (exact) mass is 734 g/mol. The van der Waals surface area contributed by atoms with E-state index in [1.807, 2.05) is 50.2 Å². The Labute approximate surface area is 282 Å². The van der Waals surface area contributed by atoms with E-state index in [9.17, 15) is 4.79 Å². The molecule has 0 aromatic heterocycles. The van der Waals surface area contributed by atoms with E-state index in [1.54, 1.807) is 48.4 Å². The molecule has 1 heterocycles. The molecule has 5 rings (SSSR count). The molecule has 1 aliphatic heterocycles. The first-order chi connectivity index (χ1) is 20.5. The van der Waals surface area contributed by atoms with Crippen molar-refractivity contribution in [1.29, 1.82) is 0 Å². The van der Waals surface area contributed by atoms with Crippen molar-refractivity contribution in [1.82, 2.24) is 0 Å². The van der Waals surface area contributed by atoms with Crippen LogP contribution in [0.25, 0.3) is 6.08 Å². The normalized spacial score (nSPS) is 15.1. The summed E-state index contributed by atoms with van der Waals surface area (Å²) in [5.74, 6) is 0.734. The van der Waals surface area contributed by atoms with Gasteiger partial charge in [0.25, 0.3) is 5.91 Å². The Bertz CT molecular complexity index is 1810. The zero-order chi connectivity index (χ0) is 30.8. The first-order valence-electron chi connectivity index (χ1n) is 12.8. The summed E-state index contributed by atoms with van der Waals surface area (Å²) in [6.07, 6.45) is 1.79. The second-order valence-corrected chi connectivity index (χ2v) is 13.1. The van der Waals surface area contributed by atoms with Crippen LogP contribution in [0.3, 0.4) is 0 Å². The SMILES string of the molecule is COc1cc(/C=C2/SC(=Nc3ccc(C)c(Cl)c3)N(c3ccc(C)c(Cl)c3)C2=O)cc(Br)c1OCc1ccc(Cl)cc1Cl. The van der Waals surface area contributed by atoms with Gasteiger partial charge >= 0.3 is 0 Å². The van der Waals surface area contributed by atoms with Crippen LogP contribution >= 0.6 is 74.1 Å². The van der Waals surface area contributed by atoms with Crippen molar-refractivity contribution in [2.45, 2.75) is 20.5 Å². The molecular formula is C32H23BrCl4N2O3S. The number of nitrogens with zero attached hydrogens (tertiary/aromatic N) is 2. The summed E-state index contributed by atoms with van der Waals surface area (Å²) in [5, 5.41) is 2.67. The van der Waals surface area contributed by atoms with Crippen LogP contribution in [0.1, 0.15) is 22.3 Å². The molecule has 0 bridgehead atoms. The highest BCUT2D eigenvalue weighted by molar-refractivity contribution is 9.10. The van der Waals surface area contributed by atoms with E-state index < -0.39 is 0 Å². The van der Waals surface area contributed by atoms with Gasteiger partial charge in [-0.1, -0.05) is 64.6 Å². The Hall–Kier alpha value is -2.65. The maximum atomic E-state index is 13.8. The first-order valence-corrected chi connectivity index (χ1v) is 16.0. The lowest BCUT2D eigenvalue weighted by Crippen LogP contribution is -2.28. The Morgan fingerprint density at radius 2 is 1.63 bits per heavy atom. The maximum absolute atomic E-state index is 13.8.